The van der Waals surface area contributed by atoms with Crippen LogP contribution in [-0.4, -0.2) is 36.7 Å². The van der Waals surface area contributed by atoms with Crippen LogP contribution < -0.4 is 5.32 Å². The van der Waals surface area contributed by atoms with Gasteiger partial charge >= 0.3 is 0 Å². The summed E-state index contributed by atoms with van der Waals surface area (Å²) in [6.07, 6.45) is 0. The summed E-state index contributed by atoms with van der Waals surface area (Å²) in [5.74, 6) is 1.69. The van der Waals surface area contributed by atoms with Gasteiger partial charge in [0.25, 0.3) is 0 Å². The number of hydrogen-bond donors (Lipinski definition) is 1. The van der Waals surface area contributed by atoms with Crippen LogP contribution in [0.15, 0.2) is 4.99 Å². The Bertz CT molecular complexity index is 264. The second kappa shape index (κ2) is 6.64. The van der Waals surface area contributed by atoms with Crippen LogP contribution in [0.4, 0.5) is 0 Å². The number of rotatable bonds is 5. The highest BCUT2D eigenvalue weighted by atomic mass is 32.2. The largest absolute Gasteiger partial charge is 0.380 e. The van der Waals surface area contributed by atoms with Crippen molar-refractivity contribution >= 4 is 16.9 Å². The van der Waals surface area contributed by atoms with E-state index in [-0.39, 0.29) is 0 Å². The smallest absolute Gasteiger partial charge is 0.156 e. The first-order chi connectivity index (χ1) is 7.94. The van der Waals surface area contributed by atoms with Gasteiger partial charge in [-0.2, -0.15) is 0 Å². The zero-order valence-electron chi connectivity index (χ0n) is 11.7. The van der Waals surface area contributed by atoms with E-state index in [2.05, 4.69) is 38.0 Å². The van der Waals surface area contributed by atoms with Crippen LogP contribution >= 0.6 is 11.8 Å². The molecule has 0 saturated heterocycles. The van der Waals surface area contributed by atoms with Crippen LogP contribution in [0.2, 0.25) is 0 Å². The molecule has 0 aliphatic carbocycles. The lowest BCUT2D eigenvalue weighted by Crippen LogP contribution is -2.43. The molecule has 1 rings (SSSR count). The first kappa shape index (κ1) is 14.8. The monoisotopic (exact) mass is 258 g/mol. The van der Waals surface area contributed by atoms with Gasteiger partial charge in [0.1, 0.15) is 0 Å². The molecule has 0 aromatic heterocycles. The van der Waals surface area contributed by atoms with E-state index < -0.39 is 0 Å². The fraction of sp³-hybridized carbons (Fsp3) is 0.923. The van der Waals surface area contributed by atoms with Crippen molar-refractivity contribution in [2.75, 3.05) is 25.5 Å². The van der Waals surface area contributed by atoms with Crippen LogP contribution in [0.25, 0.3) is 0 Å². The Morgan fingerprint density at radius 3 is 2.65 bits per heavy atom. The molecule has 100 valence electrons. The zero-order valence-corrected chi connectivity index (χ0v) is 12.6. The van der Waals surface area contributed by atoms with Gasteiger partial charge < -0.3 is 10.1 Å². The third kappa shape index (κ3) is 5.30. The van der Waals surface area contributed by atoms with E-state index >= 15 is 0 Å². The maximum Gasteiger partial charge on any atom is 0.156 e. The molecule has 0 spiro atoms. The Morgan fingerprint density at radius 2 is 2.18 bits per heavy atom. The van der Waals surface area contributed by atoms with Crippen LogP contribution in [-0.2, 0) is 4.74 Å². The quantitative estimate of drug-likeness (QED) is 0.823. The van der Waals surface area contributed by atoms with Crippen molar-refractivity contribution in [3.05, 3.63) is 0 Å². The molecular weight excluding hydrogens is 232 g/mol. The Morgan fingerprint density at radius 1 is 1.47 bits per heavy atom. The lowest BCUT2D eigenvalue weighted by atomic mass is 9.97. The number of hydrogen-bond acceptors (Lipinski definition) is 4. The fourth-order valence-electron chi connectivity index (χ4n) is 1.53. The van der Waals surface area contributed by atoms with Gasteiger partial charge in [-0.15, -0.1) is 0 Å². The van der Waals surface area contributed by atoms with E-state index in [1.54, 1.807) is 0 Å². The SMILES string of the molecule is CCOCC(NC1=NCC(C)(C)CS1)C(C)C. The summed E-state index contributed by atoms with van der Waals surface area (Å²) in [4.78, 5) is 4.63. The third-order valence-corrected chi connectivity index (χ3v) is 4.31. The average Bonchev–Trinajstić information content (AvgIpc) is 2.26. The molecule has 0 bridgehead atoms. The predicted molar refractivity (Wildman–Crippen MR) is 76.8 cm³/mol. The normalized spacial score (nSPS) is 21.2. The molecule has 0 fully saturated rings. The molecule has 1 atom stereocenters. The molecule has 4 heteroatoms. The zero-order chi connectivity index (χ0) is 12.9. The first-order valence-electron chi connectivity index (χ1n) is 6.46. The summed E-state index contributed by atoms with van der Waals surface area (Å²) in [6, 6.07) is 0.363. The van der Waals surface area contributed by atoms with Crippen LogP contribution in [0.1, 0.15) is 34.6 Å². The Balaban J connectivity index is 2.48. The van der Waals surface area contributed by atoms with Crippen molar-refractivity contribution in [1.29, 1.82) is 0 Å². The van der Waals surface area contributed by atoms with Gasteiger partial charge in [-0.3, -0.25) is 4.99 Å². The van der Waals surface area contributed by atoms with E-state index in [1.165, 1.54) is 0 Å². The lowest BCUT2D eigenvalue weighted by Gasteiger charge is -2.30. The Hall–Kier alpha value is -0.220. The molecule has 1 unspecified atom stereocenters. The van der Waals surface area contributed by atoms with Gasteiger partial charge in [-0.1, -0.05) is 39.5 Å². The van der Waals surface area contributed by atoms with Gasteiger partial charge in [0, 0.05) is 18.9 Å². The van der Waals surface area contributed by atoms with Crippen molar-refractivity contribution < 1.29 is 4.74 Å². The van der Waals surface area contributed by atoms with E-state index in [4.69, 9.17) is 4.74 Å². The van der Waals surface area contributed by atoms with Gasteiger partial charge in [0.2, 0.25) is 0 Å². The fourth-order valence-corrected chi connectivity index (χ4v) is 2.54. The first-order valence-corrected chi connectivity index (χ1v) is 7.44. The highest BCUT2D eigenvalue weighted by molar-refractivity contribution is 8.13. The summed E-state index contributed by atoms with van der Waals surface area (Å²) in [6.45, 7) is 13.5. The van der Waals surface area contributed by atoms with Crippen molar-refractivity contribution in [1.82, 2.24) is 5.32 Å². The minimum Gasteiger partial charge on any atom is -0.380 e. The summed E-state index contributed by atoms with van der Waals surface area (Å²) >= 11 is 1.83. The molecule has 0 aromatic carbocycles. The standard InChI is InChI=1S/C13H26N2OS/c1-6-16-7-11(10(2)3)15-12-14-8-13(4,5)9-17-12/h10-11H,6-9H2,1-5H3,(H,14,15). The molecule has 1 N–H and O–H groups in total. The Labute approximate surface area is 110 Å². The number of aliphatic imine (C=N–C) groups is 1. The van der Waals surface area contributed by atoms with E-state index in [0.717, 1.165) is 30.7 Å². The summed E-state index contributed by atoms with van der Waals surface area (Å²) < 4.78 is 5.51. The maximum absolute atomic E-state index is 5.51. The summed E-state index contributed by atoms with van der Waals surface area (Å²) in [5.41, 5.74) is 0.336. The van der Waals surface area contributed by atoms with Crippen LogP contribution in [0.3, 0.4) is 0 Å². The molecule has 17 heavy (non-hydrogen) atoms. The van der Waals surface area contributed by atoms with Gasteiger partial charge in [0.05, 0.1) is 12.6 Å². The van der Waals surface area contributed by atoms with Gasteiger partial charge in [-0.05, 0) is 18.3 Å². The molecule has 0 amide bonds. The number of ether oxygens (including phenoxy) is 1. The molecular formula is C13H26N2OS. The second-order valence-corrected chi connectivity index (χ2v) is 6.69. The number of amidine groups is 1. The van der Waals surface area contributed by atoms with E-state index in [1.807, 2.05) is 18.7 Å². The van der Waals surface area contributed by atoms with Gasteiger partial charge in [0.15, 0.2) is 5.17 Å². The van der Waals surface area contributed by atoms with Crippen LogP contribution in [0, 0.1) is 11.3 Å². The minimum absolute atomic E-state index is 0.336. The van der Waals surface area contributed by atoms with Crippen LogP contribution in [0.5, 0.6) is 0 Å². The minimum atomic E-state index is 0.336. The van der Waals surface area contributed by atoms with Crippen molar-refractivity contribution in [2.24, 2.45) is 16.3 Å². The predicted octanol–water partition coefficient (Wildman–Crippen LogP) is 2.77. The molecule has 1 heterocycles. The van der Waals surface area contributed by atoms with E-state index in [0.29, 0.717) is 17.4 Å². The molecule has 3 nitrogen and oxygen atoms in total. The molecule has 0 aromatic rings. The highest BCUT2D eigenvalue weighted by Gasteiger charge is 2.25. The topological polar surface area (TPSA) is 33.6 Å². The second-order valence-electron chi connectivity index (χ2n) is 5.73. The van der Waals surface area contributed by atoms with E-state index in [9.17, 15) is 0 Å². The average molecular weight is 258 g/mol. The van der Waals surface area contributed by atoms with Crippen molar-refractivity contribution in [3.8, 4) is 0 Å². The summed E-state index contributed by atoms with van der Waals surface area (Å²) in [7, 11) is 0. The summed E-state index contributed by atoms with van der Waals surface area (Å²) in [5, 5.41) is 4.60. The molecule has 1 aliphatic rings. The van der Waals surface area contributed by atoms with Gasteiger partial charge in [-0.25, -0.2) is 0 Å². The third-order valence-electron chi connectivity index (χ3n) is 2.87. The highest BCUT2D eigenvalue weighted by Crippen LogP contribution is 2.27. The number of nitrogens with zero attached hydrogens (tertiary/aromatic N) is 1. The van der Waals surface area contributed by atoms with Crippen molar-refractivity contribution in [3.63, 3.8) is 0 Å². The number of nitrogens with one attached hydrogen (secondary N) is 1. The number of thioether (sulfide) groups is 1. The molecule has 1 aliphatic heterocycles. The molecule has 0 radical (unpaired) electrons. The lowest BCUT2D eigenvalue weighted by molar-refractivity contribution is 0.115. The van der Waals surface area contributed by atoms with Crippen molar-refractivity contribution in [2.45, 2.75) is 40.7 Å². The molecule has 0 saturated carbocycles. The Kier molecular flexibility index (Phi) is 5.80. The maximum atomic E-state index is 5.51.